The molecule has 1 aromatic heterocycles. The summed E-state index contributed by atoms with van der Waals surface area (Å²) in [6.45, 7) is 4.59. The number of rotatable bonds is 4. The van der Waals surface area contributed by atoms with E-state index >= 15 is 0 Å². The first kappa shape index (κ1) is 17.6. The third kappa shape index (κ3) is 5.73. The van der Waals surface area contributed by atoms with Gasteiger partial charge in [-0.25, -0.2) is 9.37 Å². The largest absolute Gasteiger partial charge is 0.375 e. The average molecular weight is 335 g/mol. The van der Waals surface area contributed by atoms with Gasteiger partial charge in [-0.3, -0.25) is 4.90 Å². The molecule has 1 unspecified atom stereocenters. The Morgan fingerprint density at radius 1 is 1.43 bits per heavy atom. The highest BCUT2D eigenvalue weighted by Gasteiger charge is 2.23. The predicted molar refractivity (Wildman–Crippen MR) is 91.8 cm³/mol. The monoisotopic (exact) mass is 335 g/mol. The Labute approximate surface area is 140 Å². The van der Waals surface area contributed by atoms with Gasteiger partial charge < -0.3 is 10.5 Å². The Kier molecular flexibility index (Phi) is 6.67. The Hall–Kier alpha value is -1.79. The number of hydrogen-bond donors (Lipinski definition) is 1. The molecule has 0 aliphatic carbocycles. The van der Waals surface area contributed by atoms with Crippen LogP contribution in [0.3, 0.4) is 0 Å². The Morgan fingerprint density at radius 2 is 2.13 bits per heavy atom. The van der Waals surface area contributed by atoms with Crippen molar-refractivity contribution in [1.29, 1.82) is 0 Å². The Morgan fingerprint density at radius 3 is 2.74 bits per heavy atom. The SMILES string of the molecule is CC=O.Nc1ncc(CN2CCC(Cc3ccc(F)cc3)C2)s1. The second-order valence-corrected chi connectivity index (χ2v) is 6.77. The van der Waals surface area contributed by atoms with Crippen LogP contribution in [0, 0.1) is 11.7 Å². The maximum absolute atomic E-state index is 12.9. The van der Waals surface area contributed by atoms with E-state index in [1.165, 1.54) is 23.8 Å². The zero-order chi connectivity index (χ0) is 16.7. The van der Waals surface area contributed by atoms with Gasteiger partial charge in [0.2, 0.25) is 0 Å². The van der Waals surface area contributed by atoms with Crippen molar-refractivity contribution in [3.8, 4) is 0 Å². The highest BCUT2D eigenvalue weighted by atomic mass is 32.1. The number of hydrogen-bond acceptors (Lipinski definition) is 5. The van der Waals surface area contributed by atoms with E-state index < -0.39 is 0 Å². The molecule has 2 aromatic rings. The molecule has 1 atom stereocenters. The molecular formula is C17H22FN3OS. The molecule has 23 heavy (non-hydrogen) atoms. The highest BCUT2D eigenvalue weighted by molar-refractivity contribution is 7.15. The highest BCUT2D eigenvalue weighted by Crippen LogP contribution is 2.24. The molecule has 1 aliphatic heterocycles. The molecule has 3 rings (SSSR count). The van der Waals surface area contributed by atoms with E-state index in [2.05, 4.69) is 9.88 Å². The van der Waals surface area contributed by atoms with Crippen LogP contribution in [0.5, 0.6) is 0 Å². The van der Waals surface area contributed by atoms with Crippen molar-refractivity contribution in [2.24, 2.45) is 5.92 Å². The third-order valence-corrected chi connectivity index (χ3v) is 4.57. The van der Waals surface area contributed by atoms with Crippen LogP contribution in [0.4, 0.5) is 9.52 Å². The molecule has 2 N–H and O–H groups in total. The molecule has 0 spiro atoms. The Balaban J connectivity index is 0.000000595. The van der Waals surface area contributed by atoms with Gasteiger partial charge in [0.25, 0.3) is 0 Å². The van der Waals surface area contributed by atoms with E-state index in [1.54, 1.807) is 23.5 Å². The second-order valence-electron chi connectivity index (χ2n) is 5.62. The summed E-state index contributed by atoms with van der Waals surface area (Å²) < 4.78 is 12.9. The second kappa shape index (κ2) is 8.74. The molecule has 0 saturated carbocycles. The maximum atomic E-state index is 12.9. The molecule has 1 aliphatic rings. The topological polar surface area (TPSA) is 59.2 Å². The van der Waals surface area contributed by atoms with E-state index in [1.807, 2.05) is 18.3 Å². The van der Waals surface area contributed by atoms with Crippen molar-refractivity contribution in [3.05, 3.63) is 46.7 Å². The minimum absolute atomic E-state index is 0.162. The number of carbonyl (C=O) groups excluding carboxylic acids is 1. The molecule has 4 nitrogen and oxygen atoms in total. The number of aromatic nitrogens is 1. The van der Waals surface area contributed by atoms with Crippen LogP contribution >= 0.6 is 11.3 Å². The summed E-state index contributed by atoms with van der Waals surface area (Å²) in [5.41, 5.74) is 6.88. The van der Waals surface area contributed by atoms with Gasteiger partial charge in [0.1, 0.15) is 12.1 Å². The number of carbonyl (C=O) groups is 1. The van der Waals surface area contributed by atoms with Gasteiger partial charge in [0.15, 0.2) is 5.13 Å². The van der Waals surface area contributed by atoms with Gasteiger partial charge in [-0.1, -0.05) is 12.1 Å². The van der Waals surface area contributed by atoms with Gasteiger partial charge in [-0.05, 0) is 49.9 Å². The predicted octanol–water partition coefficient (Wildman–Crippen LogP) is 3.13. The first-order chi connectivity index (χ1) is 11.1. The maximum Gasteiger partial charge on any atom is 0.180 e. The van der Waals surface area contributed by atoms with Gasteiger partial charge in [-0.15, -0.1) is 11.3 Å². The van der Waals surface area contributed by atoms with E-state index in [9.17, 15) is 4.39 Å². The average Bonchev–Trinajstić information content (AvgIpc) is 3.12. The summed E-state index contributed by atoms with van der Waals surface area (Å²) >= 11 is 1.56. The number of benzene rings is 1. The van der Waals surface area contributed by atoms with Crippen molar-refractivity contribution < 1.29 is 9.18 Å². The van der Waals surface area contributed by atoms with Gasteiger partial charge in [0.05, 0.1) is 0 Å². The van der Waals surface area contributed by atoms with Crippen LogP contribution in [-0.4, -0.2) is 29.3 Å². The lowest BCUT2D eigenvalue weighted by Gasteiger charge is -2.14. The number of likely N-dealkylation sites (tertiary alicyclic amines) is 1. The zero-order valence-electron chi connectivity index (χ0n) is 13.2. The lowest BCUT2D eigenvalue weighted by molar-refractivity contribution is -0.106. The quantitative estimate of drug-likeness (QED) is 0.872. The first-order valence-electron chi connectivity index (χ1n) is 7.67. The lowest BCUT2D eigenvalue weighted by atomic mass is 9.99. The van der Waals surface area contributed by atoms with E-state index in [0.29, 0.717) is 11.0 Å². The summed E-state index contributed by atoms with van der Waals surface area (Å²) in [5.74, 6) is 0.496. The van der Waals surface area contributed by atoms with Crippen molar-refractivity contribution in [2.45, 2.75) is 26.3 Å². The number of thiazole rings is 1. The summed E-state index contributed by atoms with van der Waals surface area (Å²) in [5, 5.41) is 0.641. The van der Waals surface area contributed by atoms with E-state index in [0.717, 1.165) is 32.3 Å². The smallest absolute Gasteiger partial charge is 0.180 e. The fourth-order valence-corrected chi connectivity index (χ4v) is 3.52. The third-order valence-electron chi connectivity index (χ3n) is 3.76. The first-order valence-corrected chi connectivity index (χ1v) is 8.49. The van der Waals surface area contributed by atoms with Crippen LogP contribution in [-0.2, 0) is 17.8 Å². The molecule has 0 bridgehead atoms. The number of anilines is 1. The molecule has 0 amide bonds. The minimum atomic E-state index is -0.162. The van der Waals surface area contributed by atoms with Gasteiger partial charge in [0, 0.05) is 24.2 Å². The van der Waals surface area contributed by atoms with Crippen LogP contribution in [0.25, 0.3) is 0 Å². The van der Waals surface area contributed by atoms with Crippen molar-refractivity contribution in [3.63, 3.8) is 0 Å². The number of nitrogens with two attached hydrogens (primary N) is 1. The van der Waals surface area contributed by atoms with Gasteiger partial charge >= 0.3 is 0 Å². The summed E-state index contributed by atoms with van der Waals surface area (Å²) in [7, 11) is 0. The summed E-state index contributed by atoms with van der Waals surface area (Å²) in [4.78, 5) is 16.6. The molecule has 124 valence electrons. The van der Waals surface area contributed by atoms with Crippen molar-refractivity contribution in [1.82, 2.24) is 9.88 Å². The molecule has 1 aromatic carbocycles. The summed E-state index contributed by atoms with van der Waals surface area (Å²) in [6.07, 6.45) is 4.85. The minimum Gasteiger partial charge on any atom is -0.375 e. The molecule has 0 radical (unpaired) electrons. The number of halogens is 1. The number of aldehydes is 1. The zero-order valence-corrected chi connectivity index (χ0v) is 14.1. The standard InChI is InChI=1S/C15H18FN3S.C2H4O/c16-13-3-1-11(2-4-13)7-12-5-6-19(9-12)10-14-8-18-15(17)20-14;1-2-3/h1-4,8,12H,5-7,9-10H2,(H2,17,18);2H,1H3. The van der Waals surface area contributed by atoms with Gasteiger partial charge in [-0.2, -0.15) is 0 Å². The fourth-order valence-electron chi connectivity index (χ4n) is 2.79. The van der Waals surface area contributed by atoms with Crippen LogP contribution in [0.1, 0.15) is 23.8 Å². The number of nitrogens with zero attached hydrogens (tertiary/aromatic N) is 2. The molecule has 2 heterocycles. The van der Waals surface area contributed by atoms with Crippen LogP contribution in [0.15, 0.2) is 30.5 Å². The number of nitrogen functional groups attached to an aromatic ring is 1. The van der Waals surface area contributed by atoms with E-state index in [4.69, 9.17) is 10.5 Å². The fraction of sp³-hybridized carbons (Fsp3) is 0.412. The van der Waals surface area contributed by atoms with Crippen LogP contribution < -0.4 is 5.73 Å². The molecular weight excluding hydrogens is 313 g/mol. The summed E-state index contributed by atoms with van der Waals surface area (Å²) in [6, 6.07) is 6.87. The Bertz CT molecular complexity index is 615. The molecule has 1 fully saturated rings. The van der Waals surface area contributed by atoms with Crippen molar-refractivity contribution in [2.75, 3.05) is 18.8 Å². The lowest BCUT2D eigenvalue weighted by Crippen LogP contribution is -2.20. The molecule has 6 heteroatoms. The van der Waals surface area contributed by atoms with Crippen molar-refractivity contribution >= 4 is 22.8 Å². The normalized spacial score (nSPS) is 17.6. The van der Waals surface area contributed by atoms with E-state index in [-0.39, 0.29) is 5.82 Å². The van der Waals surface area contributed by atoms with Crippen LogP contribution in [0.2, 0.25) is 0 Å². The molecule has 1 saturated heterocycles.